The van der Waals surface area contributed by atoms with Crippen LogP contribution < -0.4 is 10.1 Å². The average molecular weight is 537 g/mol. The minimum Gasteiger partial charge on any atom is -0.491 e. The first-order chi connectivity index (χ1) is 17.5. The van der Waals surface area contributed by atoms with Crippen LogP contribution in [0.5, 0.6) is 5.75 Å². The average Bonchev–Trinajstić information content (AvgIpc) is 3.35. The second-order valence-corrected chi connectivity index (χ2v) is 7.97. The fraction of sp³-hybridized carbons (Fsp3) is 0.167. The number of amides is 1. The Labute approximate surface area is 212 Å². The first-order valence-electron chi connectivity index (χ1n) is 10.6. The first kappa shape index (κ1) is 27.4. The van der Waals surface area contributed by atoms with Gasteiger partial charge in [-0.2, -0.15) is 18.3 Å². The molecule has 4 N–H and O–H groups in total. The number of nitrogens with one attached hydrogen (secondary N) is 2. The largest absolute Gasteiger partial charge is 0.491 e. The van der Waals surface area contributed by atoms with E-state index in [-0.39, 0.29) is 24.8 Å². The Morgan fingerprint density at radius 3 is 2.43 bits per heavy atom. The van der Waals surface area contributed by atoms with Crippen molar-refractivity contribution in [3.8, 4) is 16.9 Å². The van der Waals surface area contributed by atoms with E-state index in [9.17, 15) is 23.1 Å². The quantitative estimate of drug-likeness (QED) is 0.279. The highest BCUT2D eigenvalue weighted by Gasteiger charge is 2.38. The van der Waals surface area contributed by atoms with Gasteiger partial charge in [-0.1, -0.05) is 17.7 Å². The Morgan fingerprint density at radius 1 is 1.08 bits per heavy atom. The number of ether oxygens (including phenoxy) is 1. The maximum atomic E-state index is 12.5. The van der Waals surface area contributed by atoms with Crippen LogP contribution in [0.2, 0.25) is 5.02 Å². The molecular weight excluding hydrogens is 517 g/mol. The van der Waals surface area contributed by atoms with Crippen LogP contribution in [0.15, 0.2) is 67.0 Å². The van der Waals surface area contributed by atoms with Crippen molar-refractivity contribution in [3.05, 3.63) is 77.7 Å². The number of carboxylic acid groups (broad SMARTS) is 1. The monoisotopic (exact) mass is 536 g/mol. The number of aromatic amines is 1. The number of aromatic nitrogens is 3. The zero-order chi connectivity index (χ0) is 27.0. The van der Waals surface area contributed by atoms with Crippen LogP contribution in [0, 0.1) is 0 Å². The summed E-state index contributed by atoms with van der Waals surface area (Å²) in [5.74, 6) is -2.53. The van der Waals surface area contributed by atoms with Crippen molar-refractivity contribution < 1.29 is 37.7 Å². The molecule has 0 aliphatic carbocycles. The minimum absolute atomic E-state index is 0.0410. The number of aliphatic hydroxyl groups excluding tert-OH is 1. The van der Waals surface area contributed by atoms with E-state index in [2.05, 4.69) is 20.5 Å². The van der Waals surface area contributed by atoms with Crippen molar-refractivity contribution >= 4 is 34.4 Å². The van der Waals surface area contributed by atoms with Gasteiger partial charge in [0.25, 0.3) is 5.91 Å². The number of carbonyl (C=O) groups excluding carboxylic acids is 1. The third-order valence-electron chi connectivity index (χ3n) is 4.76. The molecule has 4 rings (SSSR count). The van der Waals surface area contributed by atoms with Crippen LogP contribution in [0.1, 0.15) is 10.5 Å². The molecule has 2 aromatic carbocycles. The Balaban J connectivity index is 0.000000479. The molecule has 37 heavy (non-hydrogen) atoms. The van der Waals surface area contributed by atoms with Crippen molar-refractivity contribution in [2.75, 3.05) is 13.2 Å². The van der Waals surface area contributed by atoms with E-state index in [1.54, 1.807) is 42.7 Å². The van der Waals surface area contributed by atoms with Crippen LogP contribution in [0.4, 0.5) is 13.2 Å². The van der Waals surface area contributed by atoms with Crippen LogP contribution in [0.3, 0.4) is 0 Å². The highest BCUT2D eigenvalue weighted by molar-refractivity contribution is 6.30. The molecule has 194 valence electrons. The lowest BCUT2D eigenvalue weighted by Gasteiger charge is -2.13. The SMILES string of the molecule is O=C(NCC(O)COc1ccc(Cl)cc1)c1cc(-c2ccc3[nH]ncc3c2)ccn1.O=C(O)C(F)(F)F. The lowest BCUT2D eigenvalue weighted by atomic mass is 10.0. The van der Waals surface area contributed by atoms with Crippen molar-refractivity contribution in [2.24, 2.45) is 0 Å². The van der Waals surface area contributed by atoms with E-state index in [0.29, 0.717) is 10.8 Å². The molecule has 1 amide bonds. The number of pyridine rings is 1. The Kier molecular flexibility index (Phi) is 9.04. The number of benzene rings is 2. The number of H-pyrrole nitrogens is 1. The van der Waals surface area contributed by atoms with Crippen molar-refractivity contribution in [1.82, 2.24) is 20.5 Å². The van der Waals surface area contributed by atoms with Gasteiger partial charge in [0, 0.05) is 23.2 Å². The normalized spacial score (nSPS) is 11.8. The van der Waals surface area contributed by atoms with Crippen molar-refractivity contribution in [3.63, 3.8) is 0 Å². The summed E-state index contributed by atoms with van der Waals surface area (Å²) in [5, 5.41) is 28.4. The fourth-order valence-corrected chi connectivity index (χ4v) is 3.07. The van der Waals surface area contributed by atoms with Gasteiger partial charge in [0.1, 0.15) is 24.2 Å². The second kappa shape index (κ2) is 12.2. The molecule has 2 heterocycles. The first-order valence-corrected chi connectivity index (χ1v) is 10.9. The van der Waals surface area contributed by atoms with E-state index in [4.69, 9.17) is 26.2 Å². The molecule has 0 aliphatic rings. The van der Waals surface area contributed by atoms with E-state index in [1.807, 2.05) is 24.3 Å². The van der Waals surface area contributed by atoms with Gasteiger partial charge >= 0.3 is 12.1 Å². The Bertz CT molecular complexity index is 1360. The predicted octanol–water partition coefficient (Wildman–Crippen LogP) is 4.08. The molecule has 1 unspecified atom stereocenters. The lowest BCUT2D eigenvalue weighted by Crippen LogP contribution is -2.35. The molecular formula is C24H20ClF3N4O5. The Hall–Kier alpha value is -4.16. The molecule has 9 nitrogen and oxygen atoms in total. The summed E-state index contributed by atoms with van der Waals surface area (Å²) < 4.78 is 37.2. The van der Waals surface area contributed by atoms with Crippen molar-refractivity contribution in [1.29, 1.82) is 0 Å². The van der Waals surface area contributed by atoms with E-state index >= 15 is 0 Å². The van der Waals surface area contributed by atoms with Crippen molar-refractivity contribution in [2.45, 2.75) is 12.3 Å². The standard InChI is InChI=1S/C22H19ClN4O3.C2HF3O2/c23-17-2-4-19(5-3-17)30-13-18(28)12-25-22(29)21-10-15(7-8-24-21)14-1-6-20-16(9-14)11-26-27-20;3-2(4,5)1(6)7/h1-11,18,28H,12-13H2,(H,25,29)(H,26,27);(H,6,7). The summed E-state index contributed by atoms with van der Waals surface area (Å²) in [6, 6.07) is 16.3. The third-order valence-corrected chi connectivity index (χ3v) is 5.01. The van der Waals surface area contributed by atoms with E-state index < -0.39 is 18.2 Å². The number of aliphatic hydroxyl groups is 1. The molecule has 0 radical (unpaired) electrons. The number of hydrogen-bond donors (Lipinski definition) is 4. The maximum Gasteiger partial charge on any atom is 0.490 e. The molecule has 2 aromatic heterocycles. The number of carbonyl (C=O) groups is 2. The summed E-state index contributed by atoms with van der Waals surface area (Å²) in [6.45, 7) is 0.0827. The number of halogens is 4. The van der Waals surface area contributed by atoms with Gasteiger partial charge in [-0.3, -0.25) is 14.9 Å². The van der Waals surface area contributed by atoms with Crippen LogP contribution in [-0.2, 0) is 4.79 Å². The van der Waals surface area contributed by atoms with Crippen LogP contribution >= 0.6 is 11.6 Å². The predicted molar refractivity (Wildman–Crippen MR) is 128 cm³/mol. The minimum atomic E-state index is -5.08. The zero-order valence-corrected chi connectivity index (χ0v) is 19.6. The van der Waals surface area contributed by atoms with Gasteiger partial charge in [-0.05, 0) is 59.7 Å². The van der Waals surface area contributed by atoms with Crippen LogP contribution in [0.25, 0.3) is 22.0 Å². The van der Waals surface area contributed by atoms with Gasteiger partial charge in [0.15, 0.2) is 0 Å². The molecule has 13 heteroatoms. The topological polar surface area (TPSA) is 137 Å². The van der Waals surface area contributed by atoms with E-state index in [1.165, 1.54) is 0 Å². The molecule has 0 aliphatic heterocycles. The van der Waals surface area contributed by atoms with Gasteiger partial charge in [0.05, 0.1) is 11.7 Å². The maximum absolute atomic E-state index is 12.5. The summed E-state index contributed by atoms with van der Waals surface area (Å²) in [4.78, 5) is 25.5. The van der Waals surface area contributed by atoms with Crippen LogP contribution in [-0.4, -0.2) is 62.7 Å². The molecule has 0 saturated heterocycles. The third kappa shape index (κ3) is 8.19. The number of fused-ring (bicyclic) bond motifs is 1. The molecule has 1 atom stereocenters. The second-order valence-electron chi connectivity index (χ2n) is 7.53. The zero-order valence-electron chi connectivity index (χ0n) is 18.9. The fourth-order valence-electron chi connectivity index (χ4n) is 2.94. The summed E-state index contributed by atoms with van der Waals surface area (Å²) in [5.41, 5.74) is 3.04. The molecule has 0 bridgehead atoms. The molecule has 4 aromatic rings. The number of alkyl halides is 3. The number of nitrogens with zero attached hydrogens (tertiary/aromatic N) is 2. The van der Waals surface area contributed by atoms with E-state index in [0.717, 1.165) is 22.0 Å². The molecule has 0 spiro atoms. The number of rotatable bonds is 7. The number of aliphatic carboxylic acids is 1. The van der Waals surface area contributed by atoms with Gasteiger partial charge in [0.2, 0.25) is 0 Å². The summed E-state index contributed by atoms with van der Waals surface area (Å²) in [6.07, 6.45) is -2.61. The molecule has 0 fully saturated rings. The summed E-state index contributed by atoms with van der Waals surface area (Å²) in [7, 11) is 0. The van der Waals surface area contributed by atoms with Gasteiger partial charge < -0.3 is 20.3 Å². The number of hydrogen-bond acceptors (Lipinski definition) is 6. The summed E-state index contributed by atoms with van der Waals surface area (Å²) >= 11 is 5.83. The highest BCUT2D eigenvalue weighted by Crippen LogP contribution is 2.23. The Morgan fingerprint density at radius 2 is 1.76 bits per heavy atom. The van der Waals surface area contributed by atoms with Gasteiger partial charge in [-0.15, -0.1) is 0 Å². The highest BCUT2D eigenvalue weighted by atomic mass is 35.5. The lowest BCUT2D eigenvalue weighted by molar-refractivity contribution is -0.192. The molecule has 0 saturated carbocycles. The van der Waals surface area contributed by atoms with Gasteiger partial charge in [-0.25, -0.2) is 4.79 Å². The smallest absolute Gasteiger partial charge is 0.490 e. The number of carboxylic acids is 1.